The summed E-state index contributed by atoms with van der Waals surface area (Å²) in [6.45, 7) is 8.15. The predicted octanol–water partition coefficient (Wildman–Crippen LogP) is 3.95. The number of rotatable bonds is 3. The van der Waals surface area contributed by atoms with Crippen LogP contribution in [0.2, 0.25) is 0 Å². The molecule has 0 fully saturated rings. The quantitative estimate of drug-likeness (QED) is 0.805. The summed E-state index contributed by atoms with van der Waals surface area (Å²) in [5, 5.41) is 0. The van der Waals surface area contributed by atoms with Crippen molar-refractivity contribution in [3.8, 4) is 0 Å². The summed E-state index contributed by atoms with van der Waals surface area (Å²) in [6.07, 6.45) is 1.73. The Morgan fingerprint density at radius 3 is 2.29 bits per heavy atom. The highest BCUT2D eigenvalue weighted by molar-refractivity contribution is 7.84. The average Bonchev–Trinajstić information content (AvgIpc) is 2.45. The van der Waals surface area contributed by atoms with E-state index in [1.54, 1.807) is 6.20 Å². The van der Waals surface area contributed by atoms with Gasteiger partial charge >= 0.3 is 0 Å². The topological polar surface area (TPSA) is 42.3 Å². The van der Waals surface area contributed by atoms with Crippen LogP contribution in [0, 0.1) is 12.3 Å². The molecule has 0 radical (unpaired) electrons. The molecule has 0 saturated heterocycles. The molecule has 110 valence electrons. The molecule has 2 rings (SSSR count). The normalized spacial score (nSPS) is 14.0. The van der Waals surface area contributed by atoms with Gasteiger partial charge in [-0.25, -0.2) is 4.21 Å². The van der Waals surface area contributed by atoms with Gasteiger partial charge in [-0.3, -0.25) is 4.98 Å². The average molecular weight is 300 g/mol. The third-order valence-corrected chi connectivity index (χ3v) is 4.04. The summed E-state index contributed by atoms with van der Waals surface area (Å²) in [6, 6.07) is 13.3. The molecule has 0 aliphatic heterocycles. The first-order chi connectivity index (χ1) is 9.88. The molecule has 0 bridgehead atoms. The summed E-state index contributed by atoms with van der Waals surface area (Å²) in [5.41, 5.74) is 2.43. The van der Waals surface area contributed by atoms with Crippen molar-refractivity contribution < 1.29 is 4.21 Å². The maximum absolute atomic E-state index is 12.5. The highest BCUT2D eigenvalue weighted by Gasteiger charge is 2.23. The van der Waals surface area contributed by atoms with Crippen molar-refractivity contribution in [1.82, 2.24) is 4.98 Å². The van der Waals surface area contributed by atoms with Crippen molar-refractivity contribution in [3.05, 3.63) is 59.9 Å². The van der Waals surface area contributed by atoms with Crippen LogP contribution in [-0.2, 0) is 11.0 Å². The fourth-order valence-corrected chi connectivity index (χ4v) is 2.87. The van der Waals surface area contributed by atoms with E-state index in [0.717, 1.165) is 17.0 Å². The second-order valence-corrected chi connectivity index (χ2v) is 7.12. The lowest BCUT2D eigenvalue weighted by Gasteiger charge is -2.20. The number of aromatic nitrogens is 1. The number of hydrogen-bond acceptors (Lipinski definition) is 2. The first-order valence-electron chi connectivity index (χ1n) is 6.87. The number of nitrogens with zero attached hydrogens (tertiary/aromatic N) is 2. The molecule has 1 aromatic carbocycles. The van der Waals surface area contributed by atoms with Gasteiger partial charge < -0.3 is 0 Å². The van der Waals surface area contributed by atoms with Crippen LogP contribution in [0.15, 0.2) is 58.0 Å². The predicted molar refractivity (Wildman–Crippen MR) is 87.8 cm³/mol. The Labute approximate surface area is 128 Å². The molecule has 0 aliphatic rings. The van der Waals surface area contributed by atoms with Crippen molar-refractivity contribution in [2.45, 2.75) is 32.6 Å². The van der Waals surface area contributed by atoms with Gasteiger partial charge in [0.05, 0.1) is 16.3 Å². The molecule has 0 aliphatic carbocycles. The number of hydrogen-bond donors (Lipinski definition) is 0. The maximum Gasteiger partial charge on any atom is 0.172 e. The van der Waals surface area contributed by atoms with Crippen molar-refractivity contribution in [3.63, 3.8) is 0 Å². The molecule has 0 unspecified atom stereocenters. The molecular formula is C17H20N2OS. The van der Waals surface area contributed by atoms with Gasteiger partial charge in [0, 0.05) is 11.6 Å². The van der Waals surface area contributed by atoms with Crippen LogP contribution in [0.3, 0.4) is 0 Å². The lowest BCUT2D eigenvalue weighted by molar-refractivity contribution is 0.591. The number of aryl methyl sites for hydroxylation is 1. The highest BCUT2D eigenvalue weighted by atomic mass is 32.2. The lowest BCUT2D eigenvalue weighted by Crippen LogP contribution is -2.23. The number of benzene rings is 1. The van der Waals surface area contributed by atoms with Crippen molar-refractivity contribution >= 4 is 16.7 Å². The molecule has 0 N–H and O–H groups in total. The van der Waals surface area contributed by atoms with Gasteiger partial charge in [0.25, 0.3) is 0 Å². The van der Waals surface area contributed by atoms with Crippen molar-refractivity contribution in [2.24, 2.45) is 9.81 Å². The van der Waals surface area contributed by atoms with E-state index in [9.17, 15) is 4.21 Å². The van der Waals surface area contributed by atoms with E-state index in [4.69, 9.17) is 0 Å². The Morgan fingerprint density at radius 2 is 1.76 bits per heavy atom. The molecule has 21 heavy (non-hydrogen) atoms. The van der Waals surface area contributed by atoms with Gasteiger partial charge in [-0.1, -0.05) is 44.5 Å². The minimum Gasteiger partial charge on any atom is -0.255 e. The van der Waals surface area contributed by atoms with E-state index < -0.39 is 11.0 Å². The second kappa shape index (κ2) is 6.31. The van der Waals surface area contributed by atoms with E-state index in [0.29, 0.717) is 4.90 Å². The third kappa shape index (κ3) is 4.08. The van der Waals surface area contributed by atoms with Gasteiger partial charge in [0.2, 0.25) is 0 Å². The zero-order chi connectivity index (χ0) is 15.5. The van der Waals surface area contributed by atoms with E-state index in [1.165, 1.54) is 0 Å². The number of pyridine rings is 1. The Hall–Kier alpha value is -1.81. The van der Waals surface area contributed by atoms with Crippen LogP contribution in [0.25, 0.3) is 0 Å². The molecule has 0 saturated carbocycles. The molecule has 2 aromatic rings. The van der Waals surface area contributed by atoms with E-state index >= 15 is 0 Å². The molecule has 1 heterocycles. The molecule has 4 heteroatoms. The zero-order valence-electron chi connectivity index (χ0n) is 12.8. The Kier molecular flexibility index (Phi) is 4.68. The minimum atomic E-state index is -1.42. The summed E-state index contributed by atoms with van der Waals surface area (Å²) in [4.78, 5) is 5.05. The maximum atomic E-state index is 12.5. The van der Waals surface area contributed by atoms with Gasteiger partial charge in [-0.15, -0.1) is 0 Å². The molecule has 0 amide bonds. The van der Waals surface area contributed by atoms with Gasteiger partial charge in [0.15, 0.2) is 11.0 Å². The lowest BCUT2D eigenvalue weighted by atomic mass is 9.88. The minimum absolute atomic E-state index is 0.227. The monoisotopic (exact) mass is 300 g/mol. The van der Waals surface area contributed by atoms with E-state index in [2.05, 4.69) is 9.38 Å². The van der Waals surface area contributed by atoms with Gasteiger partial charge in [-0.05, 0) is 31.2 Å². The fourth-order valence-electron chi connectivity index (χ4n) is 1.86. The first-order valence-corrected chi connectivity index (χ1v) is 7.98. The first kappa shape index (κ1) is 15.6. The highest BCUT2D eigenvalue weighted by Crippen LogP contribution is 2.22. The van der Waals surface area contributed by atoms with Crippen LogP contribution in [0.1, 0.15) is 32.0 Å². The van der Waals surface area contributed by atoms with Crippen LogP contribution in [-0.4, -0.2) is 14.9 Å². The van der Waals surface area contributed by atoms with Gasteiger partial charge in [0.1, 0.15) is 0 Å². The molecule has 3 nitrogen and oxygen atoms in total. The van der Waals surface area contributed by atoms with Crippen molar-refractivity contribution in [1.29, 1.82) is 0 Å². The van der Waals surface area contributed by atoms with Crippen LogP contribution < -0.4 is 0 Å². The van der Waals surface area contributed by atoms with E-state index in [1.807, 2.05) is 70.2 Å². The standard InChI is InChI=1S/C17H20N2OS/c1-13-8-10-14(11-9-13)21(20)19-16(17(2,3)4)15-7-5-6-12-18-15/h5-12H,1-4H3/b19-16-/t21-/m0/s1. The smallest absolute Gasteiger partial charge is 0.172 e. The molecule has 1 aromatic heterocycles. The fraction of sp³-hybridized carbons (Fsp3) is 0.294. The molecule has 1 atom stereocenters. The summed E-state index contributed by atoms with van der Waals surface area (Å²) in [7, 11) is -1.42. The van der Waals surface area contributed by atoms with Crippen LogP contribution in [0.4, 0.5) is 0 Å². The van der Waals surface area contributed by atoms with Crippen LogP contribution in [0.5, 0.6) is 0 Å². The van der Waals surface area contributed by atoms with Gasteiger partial charge in [-0.2, -0.15) is 4.40 Å². The summed E-state index contributed by atoms with van der Waals surface area (Å²) < 4.78 is 16.9. The van der Waals surface area contributed by atoms with Crippen molar-refractivity contribution in [2.75, 3.05) is 0 Å². The van der Waals surface area contributed by atoms with E-state index in [-0.39, 0.29) is 5.41 Å². The third-order valence-electron chi connectivity index (χ3n) is 3.01. The SMILES string of the molecule is Cc1ccc([S@](=O)/N=C(/c2ccccn2)C(C)(C)C)cc1. The van der Waals surface area contributed by atoms with Crippen LogP contribution >= 0.6 is 0 Å². The second-order valence-electron chi connectivity index (χ2n) is 5.97. The summed E-state index contributed by atoms with van der Waals surface area (Å²) in [5.74, 6) is 0. The Morgan fingerprint density at radius 1 is 1.10 bits per heavy atom. The molecular weight excluding hydrogens is 280 g/mol. The Balaban J connectivity index is 2.42. The zero-order valence-corrected chi connectivity index (χ0v) is 13.6. The summed E-state index contributed by atoms with van der Waals surface area (Å²) >= 11 is 0. The molecule has 0 spiro atoms. The Bertz CT molecular complexity index is 655. The largest absolute Gasteiger partial charge is 0.255 e.